The van der Waals surface area contributed by atoms with E-state index in [1.807, 2.05) is 0 Å². The fourth-order valence-corrected chi connectivity index (χ4v) is 5.02. The van der Waals surface area contributed by atoms with E-state index >= 15 is 0 Å². The Morgan fingerprint density at radius 2 is 2.15 bits per heavy atom. The maximum atomic E-state index is 12.8. The average molecular weight is 317 g/mol. The summed E-state index contributed by atoms with van der Waals surface area (Å²) in [5.41, 5.74) is 6.10. The van der Waals surface area contributed by atoms with Crippen LogP contribution < -0.4 is 5.73 Å². The third kappa shape index (κ3) is 3.10. The van der Waals surface area contributed by atoms with Crippen molar-refractivity contribution in [2.24, 2.45) is 0 Å². The third-order valence-corrected chi connectivity index (χ3v) is 6.17. The molecule has 2 N–H and O–H groups in total. The van der Waals surface area contributed by atoms with Crippen molar-refractivity contribution in [3.05, 3.63) is 23.2 Å². The summed E-state index contributed by atoms with van der Waals surface area (Å²) < 4.78 is 27.2. The van der Waals surface area contributed by atoms with Gasteiger partial charge in [-0.25, -0.2) is 8.42 Å². The quantitative estimate of drug-likeness (QED) is 0.867. The first-order valence-corrected chi connectivity index (χ1v) is 8.85. The molecule has 1 atom stereocenters. The number of rotatable bonds is 4. The van der Waals surface area contributed by atoms with Crippen molar-refractivity contribution in [3.63, 3.8) is 0 Å². The van der Waals surface area contributed by atoms with Crippen LogP contribution in [0.2, 0.25) is 5.02 Å². The molecular weight excluding hydrogens is 296 g/mol. The van der Waals surface area contributed by atoms with E-state index in [0.29, 0.717) is 12.2 Å². The molecule has 1 aliphatic heterocycles. The topological polar surface area (TPSA) is 63.4 Å². The Hall–Kier alpha value is -0.780. The van der Waals surface area contributed by atoms with Crippen LogP contribution in [-0.2, 0) is 10.0 Å². The predicted molar refractivity (Wildman–Crippen MR) is 82.3 cm³/mol. The molecule has 0 aromatic heterocycles. The van der Waals surface area contributed by atoms with Gasteiger partial charge in [-0.15, -0.1) is 0 Å². The van der Waals surface area contributed by atoms with Gasteiger partial charge in [-0.2, -0.15) is 4.31 Å². The summed E-state index contributed by atoms with van der Waals surface area (Å²) in [6.45, 7) is 2.66. The van der Waals surface area contributed by atoms with E-state index in [0.717, 1.165) is 32.1 Å². The van der Waals surface area contributed by atoms with Crippen LogP contribution in [0.1, 0.15) is 39.0 Å². The van der Waals surface area contributed by atoms with Crippen molar-refractivity contribution in [2.75, 3.05) is 12.3 Å². The molecule has 20 heavy (non-hydrogen) atoms. The molecule has 1 saturated heterocycles. The summed E-state index contributed by atoms with van der Waals surface area (Å²) >= 11 is 6.07. The number of anilines is 1. The lowest BCUT2D eigenvalue weighted by Gasteiger charge is -2.34. The molecule has 0 spiro atoms. The van der Waals surface area contributed by atoms with Crippen molar-refractivity contribution in [1.82, 2.24) is 4.31 Å². The number of piperidine rings is 1. The van der Waals surface area contributed by atoms with Crippen molar-refractivity contribution >= 4 is 27.3 Å². The molecule has 1 aromatic rings. The zero-order valence-corrected chi connectivity index (χ0v) is 13.3. The molecule has 0 radical (unpaired) electrons. The lowest BCUT2D eigenvalue weighted by Crippen LogP contribution is -2.43. The van der Waals surface area contributed by atoms with Crippen LogP contribution in [0.5, 0.6) is 0 Å². The van der Waals surface area contributed by atoms with E-state index < -0.39 is 10.0 Å². The summed E-state index contributed by atoms with van der Waals surface area (Å²) in [4.78, 5) is 0.163. The summed E-state index contributed by atoms with van der Waals surface area (Å²) in [5, 5.41) is 0.200. The number of nitrogens with zero attached hydrogens (tertiary/aromatic N) is 1. The monoisotopic (exact) mass is 316 g/mol. The van der Waals surface area contributed by atoms with Gasteiger partial charge in [0.2, 0.25) is 10.0 Å². The Morgan fingerprint density at radius 1 is 1.40 bits per heavy atom. The van der Waals surface area contributed by atoms with Crippen LogP contribution in [-0.4, -0.2) is 25.3 Å². The Morgan fingerprint density at radius 3 is 2.80 bits per heavy atom. The number of benzene rings is 1. The van der Waals surface area contributed by atoms with Gasteiger partial charge in [0.05, 0.1) is 5.02 Å². The minimum Gasteiger partial charge on any atom is -0.399 e. The number of hydrogen-bond donors (Lipinski definition) is 1. The van der Waals surface area contributed by atoms with Crippen molar-refractivity contribution in [1.29, 1.82) is 0 Å². The molecule has 1 heterocycles. The highest BCUT2D eigenvalue weighted by molar-refractivity contribution is 7.89. The SMILES string of the molecule is CCCC1CCCCN1S(=O)(=O)c1ccc(N)cc1Cl. The largest absolute Gasteiger partial charge is 0.399 e. The van der Waals surface area contributed by atoms with Crippen LogP contribution in [0, 0.1) is 0 Å². The molecule has 0 bridgehead atoms. The number of hydrogen-bond acceptors (Lipinski definition) is 3. The van der Waals surface area contributed by atoms with Gasteiger partial charge in [0.15, 0.2) is 0 Å². The van der Waals surface area contributed by atoms with Crippen molar-refractivity contribution < 1.29 is 8.42 Å². The van der Waals surface area contributed by atoms with Gasteiger partial charge < -0.3 is 5.73 Å². The molecule has 4 nitrogen and oxygen atoms in total. The smallest absolute Gasteiger partial charge is 0.244 e. The molecule has 1 unspecified atom stereocenters. The molecule has 1 fully saturated rings. The fourth-order valence-electron chi connectivity index (χ4n) is 2.76. The van der Waals surface area contributed by atoms with Crippen molar-refractivity contribution in [3.8, 4) is 0 Å². The van der Waals surface area contributed by atoms with Crippen LogP contribution in [0.15, 0.2) is 23.1 Å². The van der Waals surface area contributed by atoms with Crippen LogP contribution in [0.3, 0.4) is 0 Å². The number of halogens is 1. The minimum atomic E-state index is -3.53. The molecule has 0 saturated carbocycles. The summed E-state index contributed by atoms with van der Waals surface area (Å²) in [7, 11) is -3.53. The molecule has 0 aliphatic carbocycles. The van der Waals surface area contributed by atoms with E-state index in [4.69, 9.17) is 17.3 Å². The van der Waals surface area contributed by atoms with Gasteiger partial charge in [0.25, 0.3) is 0 Å². The molecular formula is C14H21ClN2O2S. The number of sulfonamides is 1. The first kappa shape index (κ1) is 15.6. The zero-order valence-electron chi connectivity index (χ0n) is 11.7. The van der Waals surface area contributed by atoms with E-state index in [2.05, 4.69) is 6.92 Å². The third-order valence-electron chi connectivity index (χ3n) is 3.74. The van der Waals surface area contributed by atoms with Gasteiger partial charge in [-0.1, -0.05) is 31.4 Å². The highest BCUT2D eigenvalue weighted by Crippen LogP contribution is 2.31. The second kappa shape index (κ2) is 6.33. The van der Waals surface area contributed by atoms with E-state index in [1.54, 1.807) is 10.4 Å². The van der Waals surface area contributed by atoms with E-state index in [1.165, 1.54) is 12.1 Å². The van der Waals surface area contributed by atoms with E-state index in [9.17, 15) is 8.42 Å². The van der Waals surface area contributed by atoms with Gasteiger partial charge >= 0.3 is 0 Å². The molecule has 0 amide bonds. The first-order chi connectivity index (χ1) is 9.46. The Bertz CT molecular complexity index is 573. The van der Waals surface area contributed by atoms with Crippen LogP contribution in [0.4, 0.5) is 5.69 Å². The Labute approximate surface area is 126 Å². The highest BCUT2D eigenvalue weighted by Gasteiger charge is 2.34. The summed E-state index contributed by atoms with van der Waals surface area (Å²) in [6, 6.07) is 4.67. The highest BCUT2D eigenvalue weighted by atomic mass is 35.5. The minimum absolute atomic E-state index is 0.0902. The number of nitrogens with two attached hydrogens (primary N) is 1. The molecule has 6 heteroatoms. The van der Waals surface area contributed by atoms with Crippen LogP contribution in [0.25, 0.3) is 0 Å². The molecule has 112 valence electrons. The van der Waals surface area contributed by atoms with Crippen LogP contribution >= 0.6 is 11.6 Å². The second-order valence-electron chi connectivity index (χ2n) is 5.24. The maximum Gasteiger partial charge on any atom is 0.244 e. The van der Waals surface area contributed by atoms with Gasteiger partial charge in [0, 0.05) is 18.3 Å². The Kier molecular flexibility index (Phi) is 4.94. The Balaban J connectivity index is 2.37. The van der Waals surface area contributed by atoms with E-state index in [-0.39, 0.29) is 16.0 Å². The first-order valence-electron chi connectivity index (χ1n) is 7.03. The van der Waals surface area contributed by atoms with Gasteiger partial charge in [0.1, 0.15) is 4.90 Å². The lowest BCUT2D eigenvalue weighted by molar-refractivity contribution is 0.239. The maximum absolute atomic E-state index is 12.8. The summed E-state index contributed by atoms with van der Waals surface area (Å²) in [6.07, 6.45) is 4.80. The zero-order chi connectivity index (χ0) is 14.8. The average Bonchev–Trinajstić information content (AvgIpc) is 2.39. The molecule has 1 aromatic carbocycles. The standard InChI is InChI=1S/C14H21ClN2O2S/c1-2-5-12-6-3-4-9-17(12)20(18,19)14-8-7-11(16)10-13(14)15/h7-8,10,12H,2-6,9,16H2,1H3. The fraction of sp³-hybridized carbons (Fsp3) is 0.571. The number of nitrogen functional groups attached to an aromatic ring is 1. The molecule has 1 aliphatic rings. The normalized spacial score (nSPS) is 21.0. The molecule has 2 rings (SSSR count). The lowest BCUT2D eigenvalue weighted by atomic mass is 10.0. The van der Waals surface area contributed by atoms with Gasteiger partial charge in [-0.3, -0.25) is 0 Å². The second-order valence-corrected chi connectivity index (χ2v) is 7.51. The van der Waals surface area contributed by atoms with Crippen molar-refractivity contribution in [2.45, 2.75) is 50.0 Å². The van der Waals surface area contributed by atoms with Gasteiger partial charge in [-0.05, 0) is 37.5 Å². The predicted octanol–water partition coefficient (Wildman–Crippen LogP) is 3.27. The summed E-state index contributed by atoms with van der Waals surface area (Å²) in [5.74, 6) is 0.